The number of hydrogen-bond acceptors (Lipinski definition) is 9. The summed E-state index contributed by atoms with van der Waals surface area (Å²) in [6.45, 7) is 3.23. The average Bonchev–Trinajstić information content (AvgIpc) is 3.91. The van der Waals surface area contributed by atoms with Crippen LogP contribution in [0, 0.1) is 0 Å². The molecule has 3 aliphatic rings. The normalized spacial score (nSPS) is 19.3. The molecule has 5 aromatic rings. The first-order chi connectivity index (χ1) is 27.3. The fourth-order valence-electron chi connectivity index (χ4n) is 8.52. The van der Waals surface area contributed by atoms with Crippen molar-refractivity contribution in [2.45, 2.75) is 37.3 Å². The maximum atomic E-state index is 14.0. The zero-order valence-electron chi connectivity index (χ0n) is 31.7. The molecule has 2 aromatic carbocycles. The molecule has 2 unspecified atom stereocenters. The Bertz CT molecular complexity index is 2570. The van der Waals surface area contributed by atoms with Crippen molar-refractivity contribution in [1.82, 2.24) is 34.2 Å². The number of methoxy groups -OCH3 is 2. The Morgan fingerprint density at radius 2 is 1.72 bits per heavy atom. The summed E-state index contributed by atoms with van der Waals surface area (Å²) in [5, 5.41) is 6.76. The Balaban J connectivity index is 1.11. The Morgan fingerprint density at radius 3 is 2.46 bits per heavy atom. The number of anilines is 2. The fourth-order valence-corrected chi connectivity index (χ4v) is 9.12. The van der Waals surface area contributed by atoms with Gasteiger partial charge in [-0.2, -0.15) is 0 Å². The van der Waals surface area contributed by atoms with Gasteiger partial charge >= 0.3 is 11.7 Å². The molecule has 2 amide bonds. The van der Waals surface area contributed by atoms with Crippen LogP contribution >= 0.6 is 23.2 Å². The zero-order chi connectivity index (χ0) is 40.3. The van der Waals surface area contributed by atoms with Gasteiger partial charge in [-0.3, -0.25) is 18.8 Å². The highest BCUT2D eigenvalue weighted by molar-refractivity contribution is 6.39. The number of nitrogens with zero attached hydrogens (tertiary/aromatic N) is 6. The van der Waals surface area contributed by atoms with Gasteiger partial charge in [0.15, 0.2) is 0 Å². The Morgan fingerprint density at radius 1 is 0.982 bits per heavy atom. The number of aromatic nitrogens is 4. The molecular formula is C40H40Cl2F2N8O5. The molecular weight excluding hydrogens is 781 g/mol. The van der Waals surface area contributed by atoms with Gasteiger partial charge in [-0.1, -0.05) is 53.5 Å². The minimum Gasteiger partial charge on any atom is -0.481 e. The second-order valence-corrected chi connectivity index (χ2v) is 15.5. The molecule has 17 heteroatoms. The van der Waals surface area contributed by atoms with Crippen LogP contribution in [0.3, 0.4) is 0 Å². The number of pyridine rings is 2. The minimum atomic E-state index is -2.97. The van der Waals surface area contributed by atoms with Crippen molar-refractivity contribution in [3.63, 3.8) is 0 Å². The van der Waals surface area contributed by atoms with Gasteiger partial charge in [0.25, 0.3) is 12.0 Å². The minimum absolute atomic E-state index is 0.000706. The first-order valence-electron chi connectivity index (χ1n) is 18.5. The second-order valence-electron chi connectivity index (χ2n) is 14.7. The molecule has 8 rings (SSSR count). The lowest BCUT2D eigenvalue weighted by molar-refractivity contribution is 0.146. The van der Waals surface area contributed by atoms with Gasteiger partial charge in [0.1, 0.15) is 16.9 Å². The third-order valence-electron chi connectivity index (χ3n) is 11.4. The van der Waals surface area contributed by atoms with Crippen LogP contribution in [-0.2, 0) is 25.3 Å². The fraction of sp³-hybridized carbons (Fsp3) is 0.375. The summed E-state index contributed by atoms with van der Waals surface area (Å²) in [5.74, 6) is 0.343. The number of halogens is 4. The van der Waals surface area contributed by atoms with Crippen molar-refractivity contribution in [3.05, 3.63) is 96.2 Å². The maximum Gasteiger partial charge on any atom is 0.330 e. The van der Waals surface area contributed by atoms with E-state index in [2.05, 4.69) is 26.6 Å². The van der Waals surface area contributed by atoms with Crippen LogP contribution in [0.5, 0.6) is 5.88 Å². The molecule has 0 saturated carbocycles. The number of amides is 2. The third-order valence-corrected chi connectivity index (χ3v) is 12.2. The molecule has 0 radical (unpaired) electrons. The van der Waals surface area contributed by atoms with E-state index in [1.807, 2.05) is 23.1 Å². The number of carbonyl (C=O) groups is 1. The van der Waals surface area contributed by atoms with Crippen LogP contribution in [0.1, 0.15) is 42.1 Å². The molecule has 1 spiro atoms. The van der Waals surface area contributed by atoms with Gasteiger partial charge in [0.05, 0.1) is 46.2 Å². The van der Waals surface area contributed by atoms with Gasteiger partial charge < -0.3 is 25.0 Å². The van der Waals surface area contributed by atoms with Crippen LogP contribution in [0.15, 0.2) is 58.1 Å². The monoisotopic (exact) mass is 820 g/mol. The van der Waals surface area contributed by atoms with E-state index in [9.17, 15) is 23.2 Å². The summed E-state index contributed by atoms with van der Waals surface area (Å²) in [5.41, 5.74) is 2.52. The summed E-state index contributed by atoms with van der Waals surface area (Å²) < 4.78 is 41.2. The lowest BCUT2D eigenvalue weighted by Gasteiger charge is -2.28. The molecule has 2 fully saturated rings. The molecule has 0 bridgehead atoms. The molecule has 3 aromatic heterocycles. The van der Waals surface area contributed by atoms with E-state index >= 15 is 0 Å². The van der Waals surface area contributed by atoms with Crippen molar-refractivity contribution in [2.24, 2.45) is 14.1 Å². The Kier molecular flexibility index (Phi) is 10.2. The molecule has 1 aliphatic carbocycles. The maximum absolute atomic E-state index is 14.0. The molecule has 5 heterocycles. The molecule has 298 valence electrons. The number of fused-ring (bicyclic) bond motifs is 2. The van der Waals surface area contributed by atoms with Crippen LogP contribution in [0.2, 0.25) is 10.0 Å². The van der Waals surface area contributed by atoms with Crippen LogP contribution in [-0.4, -0.2) is 87.5 Å². The van der Waals surface area contributed by atoms with E-state index in [1.54, 1.807) is 32.4 Å². The topological polar surface area (TPSA) is 136 Å². The predicted octanol–water partition coefficient (Wildman–Crippen LogP) is 6.46. The largest absolute Gasteiger partial charge is 0.481 e. The van der Waals surface area contributed by atoms with E-state index in [-0.39, 0.29) is 45.0 Å². The van der Waals surface area contributed by atoms with Gasteiger partial charge in [-0.05, 0) is 43.0 Å². The number of urea groups is 1. The summed E-state index contributed by atoms with van der Waals surface area (Å²) in [7, 11) is 5.94. The smallest absolute Gasteiger partial charge is 0.330 e. The van der Waals surface area contributed by atoms with Crippen molar-refractivity contribution in [3.8, 4) is 28.3 Å². The molecule has 57 heavy (non-hydrogen) atoms. The van der Waals surface area contributed by atoms with Gasteiger partial charge in [-0.15, -0.1) is 0 Å². The number of hydrogen-bond donors (Lipinski definition) is 2. The van der Waals surface area contributed by atoms with E-state index < -0.39 is 23.4 Å². The molecule has 2 aliphatic heterocycles. The predicted molar refractivity (Wildman–Crippen MR) is 214 cm³/mol. The van der Waals surface area contributed by atoms with Crippen LogP contribution in [0.4, 0.5) is 25.1 Å². The summed E-state index contributed by atoms with van der Waals surface area (Å²) >= 11 is 14.2. The second kappa shape index (κ2) is 15.0. The molecule has 2 atom stereocenters. The van der Waals surface area contributed by atoms with E-state index in [1.165, 1.54) is 14.1 Å². The number of nitrogens with one attached hydrogen (secondary N) is 2. The third kappa shape index (κ3) is 6.69. The van der Waals surface area contributed by atoms with E-state index in [0.717, 1.165) is 58.7 Å². The van der Waals surface area contributed by atoms with Gasteiger partial charge in [0.2, 0.25) is 5.88 Å². The number of aryl methyl sites for hydroxylation is 2. The number of alkyl halides is 2. The first-order valence-corrected chi connectivity index (χ1v) is 19.2. The highest BCUT2D eigenvalue weighted by Crippen LogP contribution is 2.47. The van der Waals surface area contributed by atoms with Gasteiger partial charge in [-0.25, -0.2) is 28.3 Å². The summed E-state index contributed by atoms with van der Waals surface area (Å²) in [6, 6.07) is 13.8. The molecule has 2 N–H and O–H groups in total. The quantitative estimate of drug-likeness (QED) is 0.163. The highest BCUT2D eigenvalue weighted by Gasteiger charge is 2.49. The lowest BCUT2D eigenvalue weighted by atomic mass is 9.99. The van der Waals surface area contributed by atoms with Crippen molar-refractivity contribution in [1.29, 1.82) is 0 Å². The lowest BCUT2D eigenvalue weighted by Crippen LogP contribution is -2.46. The van der Waals surface area contributed by atoms with E-state index in [0.29, 0.717) is 53.0 Å². The number of rotatable bonds is 10. The zero-order valence-corrected chi connectivity index (χ0v) is 33.2. The summed E-state index contributed by atoms with van der Waals surface area (Å²) in [6.07, 6.45) is -0.436. The Labute approximate surface area is 336 Å². The average molecular weight is 822 g/mol. The number of benzene rings is 2. The van der Waals surface area contributed by atoms with Crippen LogP contribution in [0.25, 0.3) is 33.3 Å². The highest BCUT2D eigenvalue weighted by atomic mass is 35.5. The molecule has 2 saturated heterocycles. The Hall–Kier alpha value is -5.09. The van der Waals surface area contributed by atoms with Crippen molar-refractivity contribution < 1.29 is 23.0 Å². The molecule has 13 nitrogen and oxygen atoms in total. The first kappa shape index (κ1) is 38.8. The van der Waals surface area contributed by atoms with Crippen LogP contribution < -0.4 is 26.6 Å². The van der Waals surface area contributed by atoms with Gasteiger partial charge in [0, 0.05) is 75.7 Å². The number of carbonyl (C=O) groups excluding carboxylic acids is 1. The number of likely N-dealkylation sites (tertiary alicyclic amines) is 1. The van der Waals surface area contributed by atoms with E-state index in [4.69, 9.17) is 37.7 Å². The SMILES string of the molecule is COCCN1CC2(CCN(C3CCc4cc(-c5cccc(-c6cccc(Nc7nc(C(F)F)cc8c7c(=O)n(C)c(=O)n8C)c6Cl)c5Cl)nc(OC)c43)C2)NC1=O. The number of ether oxygens (including phenoxy) is 2. The van der Waals surface area contributed by atoms with Crippen molar-refractivity contribution in [2.75, 3.05) is 52.3 Å². The standard InChI is InChI=1S/C40H40Cl2F2N8O5/c1-49-29-18-27(34(43)44)46-35(31(29)37(53)50(2)39(49)55)45-25-10-6-8-23(33(25)42)22-7-5-9-24(32(22)41)26-17-21-11-12-28(30(21)36(47-26)57-4)51-14-13-40(19-51)20-52(15-16-56-3)38(54)48-40/h5-10,17-18,28,34H,11-16,19-20H2,1-4H3,(H,45,46)(H,48,54). The van der Waals surface area contributed by atoms with Crippen molar-refractivity contribution >= 4 is 51.6 Å². The summed E-state index contributed by atoms with van der Waals surface area (Å²) in [4.78, 5) is 52.0.